The molecule has 4 rings (SSSR count). The minimum absolute atomic E-state index is 0.126. The van der Waals surface area contributed by atoms with Gasteiger partial charge in [0.15, 0.2) is 0 Å². The number of nitrogens with zero attached hydrogens (tertiary/aromatic N) is 3. The second-order valence-electron chi connectivity index (χ2n) is 8.57. The maximum Gasteiger partial charge on any atom is 0.416 e. The van der Waals surface area contributed by atoms with E-state index in [0.29, 0.717) is 43.2 Å². The van der Waals surface area contributed by atoms with Gasteiger partial charge >= 0.3 is 6.18 Å². The normalized spacial score (nSPS) is 18.8. The van der Waals surface area contributed by atoms with E-state index in [0.717, 1.165) is 12.1 Å². The summed E-state index contributed by atoms with van der Waals surface area (Å²) in [7, 11) is 0. The second-order valence-corrected chi connectivity index (χ2v) is 8.57. The van der Waals surface area contributed by atoms with Crippen molar-refractivity contribution in [3.8, 4) is 0 Å². The molecule has 1 fully saturated rings. The lowest BCUT2D eigenvalue weighted by molar-refractivity contribution is -0.137. The van der Waals surface area contributed by atoms with E-state index in [4.69, 9.17) is 0 Å². The molecule has 2 heterocycles. The Balaban J connectivity index is 1.44. The van der Waals surface area contributed by atoms with Crippen molar-refractivity contribution in [1.82, 2.24) is 4.90 Å². The number of fused-ring (bicyclic) bond motifs is 1. The molecule has 0 spiro atoms. The number of rotatable bonds is 3. The van der Waals surface area contributed by atoms with Gasteiger partial charge in [0.05, 0.1) is 23.5 Å². The molecular formula is C23H25F3N4O2. The van der Waals surface area contributed by atoms with Gasteiger partial charge in [-0.1, -0.05) is 18.2 Å². The van der Waals surface area contributed by atoms with Crippen LogP contribution in [-0.2, 0) is 15.8 Å². The Bertz CT molecular complexity index is 1030. The molecule has 0 aromatic heterocycles. The lowest BCUT2D eigenvalue weighted by atomic mass is 9.96. The van der Waals surface area contributed by atoms with Crippen LogP contribution in [0.15, 0.2) is 48.5 Å². The average molecular weight is 446 g/mol. The molecule has 2 amide bonds. The monoisotopic (exact) mass is 446 g/mol. The van der Waals surface area contributed by atoms with Gasteiger partial charge in [0.2, 0.25) is 11.8 Å². The number of hydrogen-bond donors (Lipinski definition) is 1. The van der Waals surface area contributed by atoms with E-state index in [9.17, 15) is 22.8 Å². The molecule has 0 radical (unpaired) electrons. The van der Waals surface area contributed by atoms with Gasteiger partial charge in [0.1, 0.15) is 5.54 Å². The van der Waals surface area contributed by atoms with Crippen LogP contribution in [-0.4, -0.2) is 55.0 Å². The summed E-state index contributed by atoms with van der Waals surface area (Å²) in [5.41, 5.74) is 0.0698. The van der Waals surface area contributed by atoms with Crippen LogP contribution < -0.4 is 15.1 Å². The summed E-state index contributed by atoms with van der Waals surface area (Å²) in [6, 6.07) is 12.5. The third kappa shape index (κ3) is 4.17. The van der Waals surface area contributed by atoms with Crippen LogP contribution in [0.1, 0.15) is 19.4 Å². The number of benzene rings is 2. The highest BCUT2D eigenvalue weighted by molar-refractivity contribution is 6.14. The van der Waals surface area contributed by atoms with E-state index < -0.39 is 17.3 Å². The zero-order chi connectivity index (χ0) is 23.1. The number of amides is 2. The Morgan fingerprint density at radius 3 is 2.41 bits per heavy atom. The van der Waals surface area contributed by atoms with Crippen LogP contribution in [0, 0.1) is 0 Å². The number of para-hydroxylation sites is 2. The van der Waals surface area contributed by atoms with Crippen molar-refractivity contribution in [2.24, 2.45) is 0 Å². The fourth-order valence-electron chi connectivity index (χ4n) is 4.20. The highest BCUT2D eigenvalue weighted by atomic mass is 19.4. The highest BCUT2D eigenvalue weighted by Crippen LogP contribution is 2.37. The smallest absolute Gasteiger partial charge is 0.369 e. The van der Waals surface area contributed by atoms with E-state index in [1.807, 2.05) is 15.9 Å². The molecular weight excluding hydrogens is 421 g/mol. The molecule has 0 unspecified atom stereocenters. The number of anilines is 3. The van der Waals surface area contributed by atoms with E-state index in [1.165, 1.54) is 6.07 Å². The first-order valence-corrected chi connectivity index (χ1v) is 10.5. The Hall–Kier alpha value is -3.07. The molecule has 0 saturated carbocycles. The molecule has 2 aromatic carbocycles. The highest BCUT2D eigenvalue weighted by Gasteiger charge is 2.43. The van der Waals surface area contributed by atoms with Gasteiger partial charge in [-0.15, -0.1) is 0 Å². The SMILES string of the molecule is CC1(C)C(=O)Nc2ccccc2N1C(=O)CN1CCN(c2cccc(C(F)(F)F)c2)CC1. The van der Waals surface area contributed by atoms with Crippen LogP contribution in [0.5, 0.6) is 0 Å². The first-order valence-electron chi connectivity index (χ1n) is 10.5. The Kier molecular flexibility index (Phi) is 5.62. The lowest BCUT2D eigenvalue weighted by Gasteiger charge is -2.43. The van der Waals surface area contributed by atoms with Crippen LogP contribution in [0.2, 0.25) is 0 Å². The van der Waals surface area contributed by atoms with Gasteiger partial charge in [-0.3, -0.25) is 19.4 Å². The van der Waals surface area contributed by atoms with Crippen LogP contribution in [0.4, 0.5) is 30.2 Å². The van der Waals surface area contributed by atoms with Gasteiger partial charge in [0.25, 0.3) is 0 Å². The van der Waals surface area contributed by atoms with Crippen LogP contribution in [0.25, 0.3) is 0 Å². The van der Waals surface area contributed by atoms with Crippen molar-refractivity contribution in [2.75, 3.05) is 47.8 Å². The number of piperazine rings is 1. The van der Waals surface area contributed by atoms with E-state index >= 15 is 0 Å². The molecule has 0 bridgehead atoms. The third-order valence-electron chi connectivity index (χ3n) is 6.03. The van der Waals surface area contributed by atoms with Crippen molar-refractivity contribution in [2.45, 2.75) is 25.6 Å². The Labute approximate surface area is 184 Å². The predicted molar refractivity (Wildman–Crippen MR) is 117 cm³/mol. The summed E-state index contributed by atoms with van der Waals surface area (Å²) < 4.78 is 39.0. The zero-order valence-electron chi connectivity index (χ0n) is 17.9. The number of hydrogen-bond acceptors (Lipinski definition) is 4. The Morgan fingerprint density at radius 1 is 1.03 bits per heavy atom. The standard InChI is InChI=1S/C23H25F3N4O2/c1-22(2)21(32)27-18-8-3-4-9-19(18)30(22)20(31)15-28-10-12-29(13-11-28)17-7-5-6-16(14-17)23(24,25)26/h3-9,14H,10-13,15H2,1-2H3,(H,27,32). The quantitative estimate of drug-likeness (QED) is 0.783. The summed E-state index contributed by atoms with van der Waals surface area (Å²) in [6.45, 7) is 5.63. The van der Waals surface area contributed by atoms with Crippen molar-refractivity contribution in [1.29, 1.82) is 0 Å². The van der Waals surface area contributed by atoms with Crippen molar-refractivity contribution in [3.05, 3.63) is 54.1 Å². The van der Waals surface area contributed by atoms with Crippen molar-refractivity contribution >= 4 is 28.9 Å². The molecule has 32 heavy (non-hydrogen) atoms. The zero-order valence-corrected chi connectivity index (χ0v) is 17.9. The van der Waals surface area contributed by atoms with Crippen molar-refractivity contribution in [3.63, 3.8) is 0 Å². The van der Waals surface area contributed by atoms with Crippen molar-refractivity contribution < 1.29 is 22.8 Å². The summed E-state index contributed by atoms with van der Waals surface area (Å²) in [5, 5.41) is 2.84. The largest absolute Gasteiger partial charge is 0.416 e. The summed E-state index contributed by atoms with van der Waals surface area (Å²) in [5.74, 6) is -0.441. The molecule has 2 aromatic rings. The minimum atomic E-state index is -4.38. The molecule has 170 valence electrons. The number of carbonyl (C=O) groups is 2. The molecule has 0 aliphatic carbocycles. The second kappa shape index (κ2) is 8.12. The van der Waals surface area contributed by atoms with Gasteiger partial charge in [0, 0.05) is 31.9 Å². The molecule has 0 atom stereocenters. The average Bonchev–Trinajstić information content (AvgIpc) is 2.74. The summed E-state index contributed by atoms with van der Waals surface area (Å²) >= 11 is 0. The molecule has 2 aliphatic rings. The number of alkyl halides is 3. The molecule has 2 aliphatic heterocycles. The Morgan fingerprint density at radius 2 is 1.72 bits per heavy atom. The number of nitrogens with one attached hydrogen (secondary N) is 1. The number of carbonyl (C=O) groups excluding carboxylic acids is 2. The molecule has 6 nitrogen and oxygen atoms in total. The third-order valence-corrected chi connectivity index (χ3v) is 6.03. The lowest BCUT2D eigenvalue weighted by Crippen LogP contribution is -2.61. The maximum absolute atomic E-state index is 13.3. The van der Waals surface area contributed by atoms with Crippen LogP contribution in [0.3, 0.4) is 0 Å². The minimum Gasteiger partial charge on any atom is -0.369 e. The topological polar surface area (TPSA) is 55.9 Å². The number of halogens is 3. The van der Waals surface area contributed by atoms with Crippen LogP contribution >= 0.6 is 0 Å². The van der Waals surface area contributed by atoms with E-state index in [-0.39, 0.29) is 18.4 Å². The van der Waals surface area contributed by atoms with Gasteiger partial charge in [-0.25, -0.2) is 0 Å². The fourth-order valence-corrected chi connectivity index (χ4v) is 4.20. The molecule has 1 saturated heterocycles. The van der Waals surface area contributed by atoms with E-state index in [1.54, 1.807) is 43.0 Å². The first-order chi connectivity index (χ1) is 15.1. The first kappa shape index (κ1) is 22.1. The fraction of sp³-hybridized carbons (Fsp3) is 0.391. The van der Waals surface area contributed by atoms with Gasteiger partial charge in [-0.2, -0.15) is 13.2 Å². The molecule has 9 heteroatoms. The summed E-state index contributed by atoms with van der Waals surface area (Å²) in [6.07, 6.45) is -4.38. The predicted octanol–water partition coefficient (Wildman–Crippen LogP) is 3.59. The van der Waals surface area contributed by atoms with E-state index in [2.05, 4.69) is 5.32 Å². The van der Waals surface area contributed by atoms with Gasteiger partial charge in [-0.05, 0) is 44.2 Å². The van der Waals surface area contributed by atoms with Gasteiger partial charge < -0.3 is 10.2 Å². The molecule has 1 N–H and O–H groups in total. The summed E-state index contributed by atoms with van der Waals surface area (Å²) in [4.78, 5) is 31.2. The maximum atomic E-state index is 13.3.